The number of hydrogen-bond acceptors (Lipinski definition) is 4. The molecule has 0 spiro atoms. The number of aryl methyl sites for hydroxylation is 3. The molecule has 0 unspecified atom stereocenters. The molecule has 5 heteroatoms. The molecule has 0 fully saturated rings. The molecule has 4 nitrogen and oxygen atoms in total. The quantitative estimate of drug-likeness (QED) is 0.721. The van der Waals surface area contributed by atoms with Gasteiger partial charge in [-0.1, -0.05) is 48.0 Å². The van der Waals surface area contributed by atoms with Crippen LogP contribution in [0, 0.1) is 20.8 Å². The molecule has 0 atom stereocenters. The van der Waals surface area contributed by atoms with Crippen LogP contribution in [0.4, 0.5) is 5.13 Å². The molecule has 0 aliphatic carbocycles. The Balaban J connectivity index is 1.61. The predicted octanol–water partition coefficient (Wildman–Crippen LogP) is 4.75. The Morgan fingerprint density at radius 1 is 1.08 bits per heavy atom. The van der Waals surface area contributed by atoms with Gasteiger partial charge >= 0.3 is 0 Å². The summed E-state index contributed by atoms with van der Waals surface area (Å²) in [7, 11) is 0. The number of rotatable bonds is 5. The Kier molecular flexibility index (Phi) is 5.14. The molecule has 0 saturated carbocycles. The minimum absolute atomic E-state index is 0.0366. The standard InChI is InChI=1S/C20H20N2O2S/c1-13-7-9-16(10-8-13)17-12-25-20(21-17)22-18(23)11-24-19-14(2)5-4-6-15(19)3/h4-10,12H,11H2,1-3H3,(H,21,22,23). The smallest absolute Gasteiger partial charge is 0.264 e. The molecule has 3 aromatic rings. The van der Waals surface area contributed by atoms with Gasteiger partial charge in [-0.2, -0.15) is 0 Å². The molecule has 1 N–H and O–H groups in total. The first-order valence-corrected chi connectivity index (χ1v) is 8.92. The SMILES string of the molecule is Cc1ccc(-c2csc(NC(=O)COc3c(C)cccc3C)n2)cc1. The van der Waals surface area contributed by atoms with Crippen LogP contribution in [0.1, 0.15) is 16.7 Å². The number of carbonyl (C=O) groups excluding carboxylic acids is 1. The minimum atomic E-state index is -0.215. The third-order valence-corrected chi connectivity index (χ3v) is 4.61. The van der Waals surface area contributed by atoms with Crippen molar-refractivity contribution in [3.05, 3.63) is 64.5 Å². The van der Waals surface area contributed by atoms with Crippen LogP contribution in [-0.4, -0.2) is 17.5 Å². The van der Waals surface area contributed by atoms with E-state index < -0.39 is 0 Å². The van der Waals surface area contributed by atoms with Crippen molar-refractivity contribution in [1.29, 1.82) is 0 Å². The molecular formula is C20H20N2O2S. The Hall–Kier alpha value is -2.66. The topological polar surface area (TPSA) is 51.2 Å². The number of ether oxygens (including phenoxy) is 1. The van der Waals surface area contributed by atoms with Gasteiger partial charge in [0.15, 0.2) is 11.7 Å². The van der Waals surface area contributed by atoms with E-state index in [0.29, 0.717) is 5.13 Å². The largest absolute Gasteiger partial charge is 0.483 e. The molecule has 2 aromatic carbocycles. The third kappa shape index (κ3) is 4.25. The molecule has 0 aliphatic rings. The van der Waals surface area contributed by atoms with Crippen molar-refractivity contribution in [2.45, 2.75) is 20.8 Å². The summed E-state index contributed by atoms with van der Waals surface area (Å²) in [5.74, 6) is 0.546. The van der Waals surface area contributed by atoms with Crippen molar-refractivity contribution in [2.24, 2.45) is 0 Å². The van der Waals surface area contributed by atoms with Gasteiger partial charge in [-0.05, 0) is 31.9 Å². The van der Waals surface area contributed by atoms with Crippen LogP contribution in [0.3, 0.4) is 0 Å². The fourth-order valence-corrected chi connectivity index (χ4v) is 3.24. The molecule has 0 saturated heterocycles. The number of carbonyl (C=O) groups is 1. The first-order chi connectivity index (χ1) is 12.0. The lowest BCUT2D eigenvalue weighted by Crippen LogP contribution is -2.20. The first kappa shape index (κ1) is 17.2. The summed E-state index contributed by atoms with van der Waals surface area (Å²) in [6.07, 6.45) is 0. The van der Waals surface area contributed by atoms with Crippen molar-refractivity contribution in [3.63, 3.8) is 0 Å². The number of benzene rings is 2. The number of anilines is 1. The second-order valence-electron chi connectivity index (χ2n) is 5.96. The zero-order chi connectivity index (χ0) is 17.8. The van der Waals surface area contributed by atoms with Gasteiger partial charge < -0.3 is 4.74 Å². The summed E-state index contributed by atoms with van der Waals surface area (Å²) in [5, 5.41) is 5.31. The second-order valence-corrected chi connectivity index (χ2v) is 6.82. The van der Waals surface area contributed by atoms with E-state index in [9.17, 15) is 4.79 Å². The molecule has 0 aliphatic heterocycles. The van der Waals surface area contributed by atoms with Crippen molar-refractivity contribution in [3.8, 4) is 17.0 Å². The molecule has 0 bridgehead atoms. The lowest BCUT2D eigenvalue weighted by atomic mass is 10.1. The molecule has 1 amide bonds. The van der Waals surface area contributed by atoms with Crippen molar-refractivity contribution in [2.75, 3.05) is 11.9 Å². The molecule has 128 valence electrons. The number of para-hydroxylation sites is 1. The lowest BCUT2D eigenvalue weighted by Gasteiger charge is -2.11. The molecule has 0 radical (unpaired) electrons. The maximum Gasteiger partial charge on any atom is 0.264 e. The highest BCUT2D eigenvalue weighted by atomic mass is 32.1. The molecule has 25 heavy (non-hydrogen) atoms. The highest BCUT2D eigenvalue weighted by molar-refractivity contribution is 7.14. The monoisotopic (exact) mass is 352 g/mol. The van der Waals surface area contributed by atoms with Crippen LogP contribution in [0.25, 0.3) is 11.3 Å². The Morgan fingerprint density at radius 3 is 2.44 bits per heavy atom. The number of amides is 1. The van der Waals surface area contributed by atoms with Crippen LogP contribution in [-0.2, 0) is 4.79 Å². The van der Waals surface area contributed by atoms with Crippen LogP contribution in [0.2, 0.25) is 0 Å². The summed E-state index contributed by atoms with van der Waals surface area (Å²) in [5.41, 5.74) is 5.13. The number of nitrogens with zero attached hydrogens (tertiary/aromatic N) is 1. The van der Waals surface area contributed by atoms with Gasteiger partial charge in [-0.15, -0.1) is 11.3 Å². The van der Waals surface area contributed by atoms with Gasteiger partial charge in [0.05, 0.1) is 5.69 Å². The van der Waals surface area contributed by atoms with Crippen LogP contribution < -0.4 is 10.1 Å². The van der Waals surface area contributed by atoms with Crippen LogP contribution in [0.5, 0.6) is 5.75 Å². The number of thiazole rings is 1. The van der Waals surface area contributed by atoms with Crippen LogP contribution >= 0.6 is 11.3 Å². The summed E-state index contributed by atoms with van der Waals surface area (Å²) in [6.45, 7) is 5.95. The number of nitrogens with one attached hydrogen (secondary N) is 1. The second kappa shape index (κ2) is 7.49. The average Bonchev–Trinajstić information content (AvgIpc) is 3.03. The lowest BCUT2D eigenvalue weighted by molar-refractivity contribution is -0.118. The van der Waals surface area contributed by atoms with Gasteiger partial charge in [0.2, 0.25) is 0 Å². The summed E-state index contributed by atoms with van der Waals surface area (Å²) in [6, 6.07) is 14.1. The van der Waals surface area contributed by atoms with Gasteiger partial charge in [-0.25, -0.2) is 4.98 Å². The summed E-state index contributed by atoms with van der Waals surface area (Å²) in [4.78, 5) is 16.6. The van der Waals surface area contributed by atoms with E-state index >= 15 is 0 Å². The van der Waals surface area contributed by atoms with E-state index in [2.05, 4.69) is 10.3 Å². The minimum Gasteiger partial charge on any atom is -0.483 e. The zero-order valence-electron chi connectivity index (χ0n) is 14.5. The fraction of sp³-hybridized carbons (Fsp3) is 0.200. The van der Waals surface area contributed by atoms with Crippen LogP contribution in [0.15, 0.2) is 47.8 Å². The normalized spacial score (nSPS) is 10.5. The first-order valence-electron chi connectivity index (χ1n) is 8.04. The Labute approximate surface area is 151 Å². The van der Waals surface area contributed by atoms with Gasteiger partial charge in [0.25, 0.3) is 5.91 Å². The molecule has 3 rings (SSSR count). The van der Waals surface area contributed by atoms with Crippen molar-refractivity contribution >= 4 is 22.4 Å². The molecule has 1 heterocycles. The van der Waals surface area contributed by atoms with E-state index in [1.165, 1.54) is 16.9 Å². The van der Waals surface area contributed by atoms with E-state index in [-0.39, 0.29) is 12.5 Å². The fourth-order valence-electron chi connectivity index (χ4n) is 2.51. The highest BCUT2D eigenvalue weighted by Gasteiger charge is 2.10. The van der Waals surface area contributed by atoms with Gasteiger partial charge in [0.1, 0.15) is 5.75 Å². The number of aromatic nitrogens is 1. The molecular weight excluding hydrogens is 332 g/mol. The molecule has 1 aromatic heterocycles. The van der Waals surface area contributed by atoms with E-state index in [0.717, 1.165) is 28.1 Å². The van der Waals surface area contributed by atoms with Gasteiger partial charge in [-0.3, -0.25) is 10.1 Å². The summed E-state index contributed by atoms with van der Waals surface area (Å²) >= 11 is 1.41. The average molecular weight is 352 g/mol. The van der Waals surface area contributed by atoms with Crippen molar-refractivity contribution in [1.82, 2.24) is 4.98 Å². The Morgan fingerprint density at radius 2 is 1.76 bits per heavy atom. The van der Waals surface area contributed by atoms with E-state index in [1.807, 2.05) is 68.6 Å². The third-order valence-electron chi connectivity index (χ3n) is 3.85. The maximum atomic E-state index is 12.1. The maximum absolute atomic E-state index is 12.1. The van der Waals surface area contributed by atoms with Crippen molar-refractivity contribution < 1.29 is 9.53 Å². The Bertz CT molecular complexity index is 865. The zero-order valence-corrected chi connectivity index (χ0v) is 15.3. The predicted molar refractivity (Wildman–Crippen MR) is 102 cm³/mol. The van der Waals surface area contributed by atoms with E-state index in [4.69, 9.17) is 4.74 Å². The number of hydrogen-bond donors (Lipinski definition) is 1. The van der Waals surface area contributed by atoms with E-state index in [1.54, 1.807) is 0 Å². The van der Waals surface area contributed by atoms with Gasteiger partial charge in [0, 0.05) is 10.9 Å². The summed E-state index contributed by atoms with van der Waals surface area (Å²) < 4.78 is 5.67. The highest BCUT2D eigenvalue weighted by Crippen LogP contribution is 2.25.